The van der Waals surface area contributed by atoms with Crippen molar-refractivity contribution in [3.8, 4) is 5.75 Å². The zero-order valence-corrected chi connectivity index (χ0v) is 12.4. The maximum atomic E-state index is 12.3. The number of para-hydroxylation sites is 1. The third-order valence-corrected chi connectivity index (χ3v) is 3.54. The molecule has 0 atom stereocenters. The molecule has 0 spiro atoms. The number of benzene rings is 1. The van der Waals surface area contributed by atoms with E-state index in [1.807, 2.05) is 0 Å². The molecular formula is C13H12N6O2S. The summed E-state index contributed by atoms with van der Waals surface area (Å²) in [5.41, 5.74) is 0.424. The first-order valence-corrected chi connectivity index (χ1v) is 7.26. The monoisotopic (exact) mass is 316 g/mol. The first-order valence-electron chi connectivity index (χ1n) is 6.38. The Kier molecular flexibility index (Phi) is 4.05. The lowest BCUT2D eigenvalue weighted by Gasteiger charge is -2.10. The van der Waals surface area contributed by atoms with Gasteiger partial charge in [0.15, 0.2) is 11.0 Å². The Balaban J connectivity index is 1.74. The van der Waals surface area contributed by atoms with Crippen molar-refractivity contribution >= 4 is 22.4 Å². The van der Waals surface area contributed by atoms with Gasteiger partial charge in [0.1, 0.15) is 12.4 Å². The van der Waals surface area contributed by atoms with E-state index in [1.54, 1.807) is 42.9 Å². The van der Waals surface area contributed by atoms with Crippen molar-refractivity contribution < 1.29 is 9.53 Å². The highest BCUT2D eigenvalue weighted by atomic mass is 32.1. The summed E-state index contributed by atoms with van der Waals surface area (Å²) in [4.78, 5) is 16.3. The van der Waals surface area contributed by atoms with Crippen LogP contribution in [0.25, 0.3) is 0 Å². The minimum Gasteiger partial charge on any atom is -0.485 e. The summed E-state index contributed by atoms with van der Waals surface area (Å²) in [5, 5.41) is 16.2. The van der Waals surface area contributed by atoms with Gasteiger partial charge in [-0.1, -0.05) is 12.1 Å². The molecule has 3 rings (SSSR count). The van der Waals surface area contributed by atoms with E-state index in [0.29, 0.717) is 22.3 Å². The topological polar surface area (TPSA) is 94.8 Å². The Morgan fingerprint density at radius 3 is 3.00 bits per heavy atom. The predicted octanol–water partition coefficient (Wildman–Crippen LogP) is 1.50. The molecule has 8 nitrogen and oxygen atoms in total. The quantitative estimate of drug-likeness (QED) is 0.766. The largest absolute Gasteiger partial charge is 0.485 e. The molecule has 0 aliphatic rings. The summed E-state index contributed by atoms with van der Waals surface area (Å²) >= 11 is 1.35. The number of anilines is 1. The lowest BCUT2D eigenvalue weighted by molar-refractivity contribution is 0.102. The van der Waals surface area contributed by atoms with Crippen LogP contribution >= 0.6 is 11.3 Å². The molecule has 2 heterocycles. The van der Waals surface area contributed by atoms with Crippen LogP contribution in [0.4, 0.5) is 5.13 Å². The number of ether oxygens (including phenoxy) is 1. The zero-order chi connectivity index (χ0) is 15.4. The average molecular weight is 316 g/mol. The highest BCUT2D eigenvalue weighted by molar-refractivity contribution is 7.13. The number of tetrazole rings is 1. The molecule has 0 saturated heterocycles. The number of rotatable bonds is 5. The van der Waals surface area contributed by atoms with Crippen molar-refractivity contribution in [2.24, 2.45) is 7.05 Å². The fourth-order valence-electron chi connectivity index (χ4n) is 1.74. The summed E-state index contributed by atoms with van der Waals surface area (Å²) in [6.07, 6.45) is 1.63. The van der Waals surface area contributed by atoms with Crippen LogP contribution in [0.2, 0.25) is 0 Å². The summed E-state index contributed by atoms with van der Waals surface area (Å²) in [6, 6.07) is 6.98. The third kappa shape index (κ3) is 3.09. The number of aryl methyl sites for hydroxylation is 1. The highest BCUT2D eigenvalue weighted by Crippen LogP contribution is 2.21. The molecule has 9 heteroatoms. The van der Waals surface area contributed by atoms with Crippen LogP contribution in [0.1, 0.15) is 16.2 Å². The molecule has 22 heavy (non-hydrogen) atoms. The van der Waals surface area contributed by atoms with Gasteiger partial charge in [-0.25, -0.2) is 9.67 Å². The lowest BCUT2D eigenvalue weighted by Crippen LogP contribution is -2.14. The molecule has 112 valence electrons. The number of nitrogens with zero attached hydrogens (tertiary/aromatic N) is 5. The number of hydrogen-bond donors (Lipinski definition) is 1. The van der Waals surface area contributed by atoms with E-state index < -0.39 is 0 Å². The smallest absolute Gasteiger partial charge is 0.261 e. The van der Waals surface area contributed by atoms with Crippen molar-refractivity contribution in [2.45, 2.75) is 6.61 Å². The first kappa shape index (κ1) is 14.1. The van der Waals surface area contributed by atoms with Crippen molar-refractivity contribution in [3.63, 3.8) is 0 Å². The molecule has 1 amide bonds. The van der Waals surface area contributed by atoms with Crippen LogP contribution < -0.4 is 10.1 Å². The van der Waals surface area contributed by atoms with Gasteiger partial charge >= 0.3 is 0 Å². The Labute approximate surface area is 129 Å². The minimum atomic E-state index is -0.276. The molecule has 1 N–H and O–H groups in total. The molecule has 0 radical (unpaired) electrons. The second kappa shape index (κ2) is 6.31. The minimum absolute atomic E-state index is 0.172. The molecule has 3 aromatic rings. The molecule has 0 aliphatic heterocycles. The molecule has 0 saturated carbocycles. The predicted molar refractivity (Wildman–Crippen MR) is 79.6 cm³/mol. The van der Waals surface area contributed by atoms with Crippen LogP contribution in [-0.4, -0.2) is 31.1 Å². The van der Waals surface area contributed by atoms with Crippen LogP contribution in [0.15, 0.2) is 35.8 Å². The van der Waals surface area contributed by atoms with E-state index in [2.05, 4.69) is 25.8 Å². The lowest BCUT2D eigenvalue weighted by atomic mass is 10.2. The van der Waals surface area contributed by atoms with Crippen molar-refractivity contribution in [3.05, 3.63) is 47.2 Å². The van der Waals surface area contributed by atoms with Gasteiger partial charge < -0.3 is 4.74 Å². The molecule has 0 bridgehead atoms. The van der Waals surface area contributed by atoms with Gasteiger partial charge in [0, 0.05) is 18.6 Å². The Morgan fingerprint density at radius 1 is 1.41 bits per heavy atom. The van der Waals surface area contributed by atoms with Gasteiger partial charge in [-0.3, -0.25) is 10.1 Å². The van der Waals surface area contributed by atoms with E-state index >= 15 is 0 Å². The number of hydrogen-bond acceptors (Lipinski definition) is 7. The second-order valence-corrected chi connectivity index (χ2v) is 5.19. The van der Waals surface area contributed by atoms with E-state index in [0.717, 1.165) is 0 Å². The fraction of sp³-hybridized carbons (Fsp3) is 0.154. The van der Waals surface area contributed by atoms with Crippen LogP contribution in [-0.2, 0) is 13.7 Å². The number of carbonyl (C=O) groups excluding carboxylic acids is 1. The number of thiazole rings is 1. The second-order valence-electron chi connectivity index (χ2n) is 4.29. The average Bonchev–Trinajstić information content (AvgIpc) is 3.17. The van der Waals surface area contributed by atoms with Gasteiger partial charge in [0.05, 0.1) is 5.56 Å². The zero-order valence-electron chi connectivity index (χ0n) is 11.6. The maximum Gasteiger partial charge on any atom is 0.261 e. The summed E-state index contributed by atoms with van der Waals surface area (Å²) in [5.74, 6) is 0.747. The third-order valence-electron chi connectivity index (χ3n) is 2.85. The van der Waals surface area contributed by atoms with E-state index in [1.165, 1.54) is 16.0 Å². The summed E-state index contributed by atoms with van der Waals surface area (Å²) in [6.45, 7) is 0.172. The van der Waals surface area contributed by atoms with Gasteiger partial charge in [0.25, 0.3) is 5.91 Å². The van der Waals surface area contributed by atoms with Gasteiger partial charge in [-0.15, -0.1) is 16.4 Å². The molecule has 0 aliphatic carbocycles. The summed E-state index contributed by atoms with van der Waals surface area (Å²) in [7, 11) is 1.72. The SMILES string of the molecule is Cn1nnnc1COc1ccccc1C(=O)Nc1nccs1. The number of aromatic nitrogens is 5. The van der Waals surface area contributed by atoms with Crippen molar-refractivity contribution in [2.75, 3.05) is 5.32 Å². The Bertz CT molecular complexity index is 770. The first-order chi connectivity index (χ1) is 10.7. The van der Waals surface area contributed by atoms with Gasteiger partial charge in [0.2, 0.25) is 0 Å². The van der Waals surface area contributed by atoms with Gasteiger partial charge in [-0.05, 0) is 22.6 Å². The molecule has 2 aromatic heterocycles. The van der Waals surface area contributed by atoms with Crippen molar-refractivity contribution in [1.29, 1.82) is 0 Å². The normalized spacial score (nSPS) is 10.4. The van der Waals surface area contributed by atoms with Crippen molar-refractivity contribution in [1.82, 2.24) is 25.2 Å². The number of amides is 1. The Hall–Kier alpha value is -2.81. The van der Waals surface area contributed by atoms with Crippen LogP contribution in [0.3, 0.4) is 0 Å². The molecule has 1 aromatic carbocycles. The standard InChI is InChI=1S/C13H12N6O2S/c1-19-11(16-17-18-19)8-21-10-5-3-2-4-9(10)12(20)15-13-14-6-7-22-13/h2-7H,8H2,1H3,(H,14,15,20). The van der Waals surface area contributed by atoms with Crippen LogP contribution in [0, 0.1) is 0 Å². The van der Waals surface area contributed by atoms with Crippen LogP contribution in [0.5, 0.6) is 5.75 Å². The van der Waals surface area contributed by atoms with E-state index in [9.17, 15) is 4.79 Å². The van der Waals surface area contributed by atoms with E-state index in [-0.39, 0.29) is 12.5 Å². The maximum absolute atomic E-state index is 12.3. The molecular weight excluding hydrogens is 304 g/mol. The van der Waals surface area contributed by atoms with Gasteiger partial charge in [-0.2, -0.15) is 0 Å². The number of nitrogens with one attached hydrogen (secondary N) is 1. The molecule has 0 unspecified atom stereocenters. The summed E-state index contributed by atoms with van der Waals surface area (Å²) < 4.78 is 7.17. The fourth-order valence-corrected chi connectivity index (χ4v) is 2.27. The highest BCUT2D eigenvalue weighted by Gasteiger charge is 2.14. The Morgan fingerprint density at radius 2 is 2.27 bits per heavy atom. The van der Waals surface area contributed by atoms with E-state index in [4.69, 9.17) is 4.74 Å². The number of carbonyl (C=O) groups is 1. The molecule has 0 fully saturated rings.